The summed E-state index contributed by atoms with van der Waals surface area (Å²) in [4.78, 5) is 15.9. The van der Waals surface area contributed by atoms with Crippen molar-refractivity contribution in [1.29, 1.82) is 0 Å². The number of carbonyl (C=O) groups is 1. The van der Waals surface area contributed by atoms with Gasteiger partial charge in [0.25, 0.3) is 5.91 Å². The molecule has 0 unspecified atom stereocenters. The molecule has 1 N–H and O–H groups in total. The molecule has 0 saturated carbocycles. The third-order valence-corrected chi connectivity index (χ3v) is 4.33. The van der Waals surface area contributed by atoms with Gasteiger partial charge in [0.05, 0.1) is 11.0 Å². The Hall–Kier alpha value is -0.870. The predicted octanol–water partition coefficient (Wildman–Crippen LogP) is 1.05. The summed E-state index contributed by atoms with van der Waals surface area (Å²) < 4.78 is 0. The average Bonchev–Trinajstić information content (AvgIpc) is 2.70. The van der Waals surface area contributed by atoms with E-state index in [1.165, 1.54) is 16.9 Å². The summed E-state index contributed by atoms with van der Waals surface area (Å²) in [5.74, 6) is 0.0969. The van der Waals surface area contributed by atoms with Crippen LogP contribution in [0.1, 0.15) is 26.5 Å². The molecule has 1 aliphatic heterocycles. The van der Waals surface area contributed by atoms with Gasteiger partial charge in [-0.05, 0) is 30.9 Å². The molecule has 1 aliphatic carbocycles. The molecule has 1 aromatic rings. The van der Waals surface area contributed by atoms with Gasteiger partial charge in [0.15, 0.2) is 0 Å². The molecule has 0 atom stereocenters. The van der Waals surface area contributed by atoms with Gasteiger partial charge in [0.1, 0.15) is 0 Å². The van der Waals surface area contributed by atoms with Crippen LogP contribution in [0.25, 0.3) is 0 Å². The van der Waals surface area contributed by atoms with E-state index in [9.17, 15) is 4.79 Å². The number of hydrogen-bond acceptors (Lipinski definition) is 3. The van der Waals surface area contributed by atoms with Crippen molar-refractivity contribution in [1.82, 2.24) is 4.90 Å². The molecule has 15 heavy (non-hydrogen) atoms. The molecule has 80 valence electrons. The summed E-state index contributed by atoms with van der Waals surface area (Å²) in [5.41, 5.74) is 1.37. The van der Waals surface area contributed by atoms with E-state index in [4.69, 9.17) is 5.11 Å². The quantitative estimate of drug-likeness (QED) is 0.773. The summed E-state index contributed by atoms with van der Waals surface area (Å²) in [5, 5.41) is 9.14. The van der Waals surface area contributed by atoms with Crippen LogP contribution in [0.2, 0.25) is 0 Å². The van der Waals surface area contributed by atoms with Crippen molar-refractivity contribution in [3.8, 4) is 0 Å². The zero-order valence-electron chi connectivity index (χ0n) is 8.40. The van der Waals surface area contributed by atoms with Crippen LogP contribution in [0, 0.1) is 0 Å². The van der Waals surface area contributed by atoms with Crippen LogP contribution in [0.3, 0.4) is 0 Å². The molecule has 0 radical (unpaired) electrons. The lowest BCUT2D eigenvalue weighted by Crippen LogP contribution is -2.53. The van der Waals surface area contributed by atoms with Crippen molar-refractivity contribution in [2.24, 2.45) is 0 Å². The SMILES string of the molecule is O=C(c1cc2c(s1)CCC2)N1CC(O)C1. The number of thiophene rings is 1. The Morgan fingerprint density at radius 3 is 2.93 bits per heavy atom. The average molecular weight is 223 g/mol. The van der Waals surface area contributed by atoms with Gasteiger partial charge in [-0.15, -0.1) is 11.3 Å². The summed E-state index contributed by atoms with van der Waals surface area (Å²) >= 11 is 1.64. The number of fused-ring (bicyclic) bond motifs is 1. The van der Waals surface area contributed by atoms with Crippen LogP contribution in [0.5, 0.6) is 0 Å². The Morgan fingerprint density at radius 2 is 2.27 bits per heavy atom. The lowest BCUT2D eigenvalue weighted by atomic mass is 10.1. The Balaban J connectivity index is 1.78. The number of carbonyl (C=O) groups excluding carboxylic acids is 1. The van der Waals surface area contributed by atoms with E-state index in [1.807, 2.05) is 6.07 Å². The number of aryl methyl sites for hydroxylation is 2. The third-order valence-electron chi connectivity index (χ3n) is 3.11. The van der Waals surface area contributed by atoms with Gasteiger partial charge in [-0.25, -0.2) is 0 Å². The fourth-order valence-electron chi connectivity index (χ4n) is 2.21. The molecule has 3 nitrogen and oxygen atoms in total. The van der Waals surface area contributed by atoms with Gasteiger partial charge in [-0.1, -0.05) is 0 Å². The summed E-state index contributed by atoms with van der Waals surface area (Å²) in [6.07, 6.45) is 3.19. The van der Waals surface area contributed by atoms with Crippen molar-refractivity contribution in [2.75, 3.05) is 13.1 Å². The standard InChI is InChI=1S/C11H13NO2S/c13-8-5-12(6-8)11(14)10-4-7-2-1-3-9(7)15-10/h4,8,13H,1-3,5-6H2. The normalized spacial score (nSPS) is 20.2. The molecule has 1 amide bonds. The molecular weight excluding hydrogens is 210 g/mol. The molecule has 1 saturated heterocycles. The van der Waals surface area contributed by atoms with Gasteiger partial charge in [-0.2, -0.15) is 0 Å². The van der Waals surface area contributed by atoms with Gasteiger partial charge in [0.2, 0.25) is 0 Å². The van der Waals surface area contributed by atoms with Gasteiger partial charge >= 0.3 is 0 Å². The number of aliphatic hydroxyl groups excluding tert-OH is 1. The number of nitrogens with zero attached hydrogens (tertiary/aromatic N) is 1. The second kappa shape index (κ2) is 3.32. The molecule has 2 aliphatic rings. The minimum Gasteiger partial charge on any atom is -0.389 e. The number of aliphatic hydroxyl groups is 1. The van der Waals surface area contributed by atoms with Crippen molar-refractivity contribution >= 4 is 17.2 Å². The maximum Gasteiger partial charge on any atom is 0.264 e. The topological polar surface area (TPSA) is 40.5 Å². The monoisotopic (exact) mass is 223 g/mol. The van der Waals surface area contributed by atoms with E-state index < -0.39 is 0 Å². The van der Waals surface area contributed by atoms with Crippen LogP contribution < -0.4 is 0 Å². The fourth-order valence-corrected chi connectivity index (χ4v) is 3.43. The highest BCUT2D eigenvalue weighted by atomic mass is 32.1. The molecule has 0 aromatic carbocycles. The van der Waals surface area contributed by atoms with E-state index in [0.717, 1.165) is 17.7 Å². The Bertz CT molecular complexity index is 385. The van der Waals surface area contributed by atoms with Crippen molar-refractivity contribution in [3.63, 3.8) is 0 Å². The van der Waals surface area contributed by atoms with Crippen LogP contribution >= 0.6 is 11.3 Å². The van der Waals surface area contributed by atoms with Crippen molar-refractivity contribution < 1.29 is 9.90 Å². The Kier molecular flexibility index (Phi) is 2.07. The maximum absolute atomic E-state index is 11.9. The molecule has 2 heterocycles. The van der Waals surface area contributed by atoms with Crippen molar-refractivity contribution in [3.05, 3.63) is 21.4 Å². The summed E-state index contributed by atoms with van der Waals surface area (Å²) in [6, 6.07) is 2.04. The number of rotatable bonds is 1. The van der Waals surface area contributed by atoms with Gasteiger partial charge in [-0.3, -0.25) is 4.79 Å². The fraction of sp³-hybridized carbons (Fsp3) is 0.545. The maximum atomic E-state index is 11.9. The van der Waals surface area contributed by atoms with Crippen LogP contribution in [-0.4, -0.2) is 35.1 Å². The Morgan fingerprint density at radius 1 is 1.47 bits per heavy atom. The van der Waals surface area contributed by atoms with Crippen molar-refractivity contribution in [2.45, 2.75) is 25.4 Å². The van der Waals surface area contributed by atoms with E-state index >= 15 is 0 Å². The molecular formula is C11H13NO2S. The summed E-state index contributed by atoms with van der Waals surface area (Å²) in [6.45, 7) is 1.00. The smallest absolute Gasteiger partial charge is 0.264 e. The lowest BCUT2D eigenvalue weighted by Gasteiger charge is -2.35. The first kappa shape index (κ1) is 9.36. The highest BCUT2D eigenvalue weighted by Crippen LogP contribution is 2.31. The van der Waals surface area contributed by atoms with Gasteiger partial charge < -0.3 is 10.0 Å². The van der Waals surface area contributed by atoms with E-state index in [1.54, 1.807) is 16.2 Å². The highest BCUT2D eigenvalue weighted by Gasteiger charge is 2.31. The first-order valence-corrected chi connectivity index (χ1v) is 6.14. The first-order chi connectivity index (χ1) is 7.24. The molecule has 4 heteroatoms. The first-order valence-electron chi connectivity index (χ1n) is 5.33. The number of hydrogen-bond donors (Lipinski definition) is 1. The predicted molar refractivity (Wildman–Crippen MR) is 58.3 cm³/mol. The molecule has 0 bridgehead atoms. The second-order valence-corrected chi connectivity index (χ2v) is 5.41. The van der Waals surface area contributed by atoms with E-state index in [2.05, 4.69) is 0 Å². The highest BCUT2D eigenvalue weighted by molar-refractivity contribution is 7.14. The number of amides is 1. The second-order valence-electron chi connectivity index (χ2n) is 4.28. The number of likely N-dealkylation sites (tertiary alicyclic amines) is 1. The van der Waals surface area contributed by atoms with Gasteiger partial charge in [0, 0.05) is 18.0 Å². The molecule has 1 aromatic heterocycles. The molecule has 3 rings (SSSR count). The largest absolute Gasteiger partial charge is 0.389 e. The van der Waals surface area contributed by atoms with E-state index in [0.29, 0.717) is 13.1 Å². The Labute approximate surface area is 92.3 Å². The zero-order valence-corrected chi connectivity index (χ0v) is 9.22. The minimum atomic E-state index is -0.305. The summed E-state index contributed by atoms with van der Waals surface area (Å²) in [7, 11) is 0. The van der Waals surface area contributed by atoms with E-state index in [-0.39, 0.29) is 12.0 Å². The molecule has 1 fully saturated rings. The lowest BCUT2D eigenvalue weighted by molar-refractivity contribution is 0.00622. The number of β-amino-alcohol motifs (C(OH)–C–C–N with tert-alkyl or cyclic N) is 1. The van der Waals surface area contributed by atoms with Crippen LogP contribution in [-0.2, 0) is 12.8 Å². The molecule has 0 spiro atoms. The van der Waals surface area contributed by atoms with Crippen LogP contribution in [0.4, 0.5) is 0 Å². The minimum absolute atomic E-state index is 0.0969. The third kappa shape index (κ3) is 1.48. The zero-order chi connectivity index (χ0) is 10.4. The van der Waals surface area contributed by atoms with Crippen LogP contribution in [0.15, 0.2) is 6.07 Å².